The number of anilines is 3. The second kappa shape index (κ2) is 25.4. The van der Waals surface area contributed by atoms with Gasteiger partial charge < -0.3 is 60.2 Å². The van der Waals surface area contributed by atoms with Crippen molar-refractivity contribution in [2.24, 2.45) is 23.3 Å². The Bertz CT molecular complexity index is 2910. The van der Waals surface area contributed by atoms with Crippen LogP contribution in [0.4, 0.5) is 17.3 Å². The van der Waals surface area contributed by atoms with Crippen LogP contribution in [0.5, 0.6) is 11.5 Å². The summed E-state index contributed by atoms with van der Waals surface area (Å²) >= 11 is 3.46. The molecule has 2 saturated heterocycles. The quantitative estimate of drug-likeness (QED) is 0.0646. The molecule has 2 fully saturated rings. The van der Waals surface area contributed by atoms with E-state index in [1.165, 1.54) is 10.9 Å². The van der Waals surface area contributed by atoms with Crippen LogP contribution in [-0.2, 0) is 18.3 Å². The van der Waals surface area contributed by atoms with Gasteiger partial charge in [0.05, 0.1) is 49.3 Å². The highest BCUT2D eigenvalue weighted by Crippen LogP contribution is 2.40. The average molecular weight is 1160 g/mol. The molecule has 8 rings (SSSR count). The molecule has 0 saturated carbocycles. The molecule has 2 aromatic heterocycles. The number of nitrogens with zero attached hydrogens (tertiary/aromatic N) is 6. The molecule has 412 valence electrons. The lowest BCUT2D eigenvalue weighted by atomic mass is 9.74. The molecule has 77 heavy (non-hydrogen) atoms. The maximum absolute atomic E-state index is 12.2. The van der Waals surface area contributed by atoms with E-state index in [9.17, 15) is 24.9 Å². The van der Waals surface area contributed by atoms with Gasteiger partial charge >= 0.3 is 14.2 Å². The Morgan fingerprint density at radius 2 is 1.22 bits per heavy atom. The molecule has 4 aromatic rings. The molecule has 2 unspecified atom stereocenters. The largest absolute Gasteiger partial charge is 0.555 e. The number of rotatable bonds is 14. The van der Waals surface area contributed by atoms with Gasteiger partial charge in [-0.15, -0.1) is 0 Å². The maximum Gasteiger partial charge on any atom is 0.555 e. The summed E-state index contributed by atoms with van der Waals surface area (Å²) in [5, 5.41) is 51.3. The fourth-order valence-corrected chi connectivity index (χ4v) is 10.7. The van der Waals surface area contributed by atoms with Crippen molar-refractivity contribution >= 4 is 88.1 Å². The molecule has 0 radical (unpaired) electrons. The number of benzene rings is 2. The van der Waals surface area contributed by atoms with Crippen molar-refractivity contribution in [2.45, 2.75) is 116 Å². The van der Waals surface area contributed by atoms with E-state index in [4.69, 9.17) is 50.1 Å². The first kappa shape index (κ1) is 60.5. The van der Waals surface area contributed by atoms with Gasteiger partial charge in [0, 0.05) is 60.1 Å². The third kappa shape index (κ3) is 15.3. The molecule has 0 spiro atoms. The maximum atomic E-state index is 12.2. The van der Waals surface area contributed by atoms with E-state index in [-0.39, 0.29) is 50.9 Å². The summed E-state index contributed by atoms with van der Waals surface area (Å²) in [6, 6.07) is 15.2. The van der Waals surface area contributed by atoms with Crippen LogP contribution >= 0.6 is 15.9 Å². The Balaban J connectivity index is 0.000000207. The van der Waals surface area contributed by atoms with E-state index in [1.807, 2.05) is 36.4 Å². The number of nitrogen functional groups attached to an aromatic ring is 1. The summed E-state index contributed by atoms with van der Waals surface area (Å²) in [4.78, 5) is 23.2. The topological polar surface area (TPSA) is 303 Å². The molecule has 2 amide bonds. The summed E-state index contributed by atoms with van der Waals surface area (Å²) in [6.45, 7) is 25.1. The average Bonchev–Trinajstić information content (AvgIpc) is 3.98. The first-order valence-corrected chi connectivity index (χ1v) is 32.3. The summed E-state index contributed by atoms with van der Waals surface area (Å²) in [6.07, 6.45) is 9.42. The van der Waals surface area contributed by atoms with Crippen LogP contribution < -0.4 is 31.8 Å². The number of fused-ring (bicyclic) bond motifs is 2. The van der Waals surface area contributed by atoms with Crippen LogP contribution in [0.2, 0.25) is 36.3 Å². The van der Waals surface area contributed by atoms with Crippen LogP contribution in [-0.4, -0.2) is 112 Å². The van der Waals surface area contributed by atoms with Crippen LogP contribution in [0.15, 0.2) is 64.2 Å². The molecule has 9 N–H and O–H groups in total. The molecule has 4 aliphatic rings. The van der Waals surface area contributed by atoms with E-state index >= 15 is 0 Å². The predicted molar refractivity (Wildman–Crippen MR) is 306 cm³/mol. The van der Waals surface area contributed by atoms with Gasteiger partial charge in [-0.05, 0) is 109 Å². The van der Waals surface area contributed by atoms with E-state index in [1.54, 1.807) is 23.0 Å². The summed E-state index contributed by atoms with van der Waals surface area (Å²) in [7, 11) is -5.56. The zero-order valence-electron chi connectivity index (χ0n) is 45.8. The minimum atomic E-state index is -1.90. The zero-order valence-corrected chi connectivity index (χ0v) is 49.3. The van der Waals surface area contributed by atoms with Gasteiger partial charge in [-0.3, -0.25) is 19.0 Å². The fraction of sp³-hybridized carbons (Fsp3) is 0.500. The Kier molecular flexibility index (Phi) is 19.9. The van der Waals surface area contributed by atoms with E-state index in [2.05, 4.69) is 111 Å². The summed E-state index contributed by atoms with van der Waals surface area (Å²) in [5.74, 6) is -0.0734. The molecule has 20 nitrogen and oxygen atoms in total. The molecular formula is C52H73B2BrN10O10Si2. The van der Waals surface area contributed by atoms with Gasteiger partial charge in [-0.25, -0.2) is 0 Å². The van der Waals surface area contributed by atoms with Gasteiger partial charge in [0.2, 0.25) is 0 Å². The Morgan fingerprint density at radius 1 is 0.766 bits per heavy atom. The van der Waals surface area contributed by atoms with E-state index in [0.29, 0.717) is 88.3 Å². The molecule has 25 heteroatoms. The van der Waals surface area contributed by atoms with Gasteiger partial charge in [0.15, 0.2) is 28.3 Å². The van der Waals surface area contributed by atoms with Crippen molar-refractivity contribution in [3.8, 4) is 23.6 Å². The first-order valence-electron chi connectivity index (χ1n) is 25.7. The Hall–Kier alpha value is -5.74. The summed E-state index contributed by atoms with van der Waals surface area (Å²) in [5.41, 5.74) is 20.8. The third-order valence-electron chi connectivity index (χ3n) is 15.0. The molecular weight excluding hydrogens is 1080 g/mol. The number of carbonyl (C=O) groups excluding carboxylic acids is 2. The third-order valence-corrected chi connectivity index (χ3v) is 24.6. The number of amides is 2. The minimum absolute atomic E-state index is 0.0831. The Morgan fingerprint density at radius 3 is 1.68 bits per heavy atom. The number of nitrogens with one attached hydrogen (secondary N) is 1. The second-order valence-corrected chi connectivity index (χ2v) is 33.0. The lowest BCUT2D eigenvalue weighted by Gasteiger charge is -2.36. The number of nitriles is 2. The standard InChI is InChI=1S/C26H36BN5O5Si.C16H24BBrO3Si.C10H13N5O2/c1-26(2,3)38(4,5)36-11-9-19-12-18-13-20(6-7-23(18)37-27(19)34)30-25-21(24(29)33)15-32(31-25)22-16-35-10-8-17(22)14-28;1-16(2,3)22(4,5)20-9-8-13-10-12-11-14(18)6-7-15(12)21-17(13)19;11-3-6-1-2-17-5-8(6)15-4-7(10(13)16)9(12)14-15/h6-7,12-13,15,17,22,34H,8-11,16H2,1-5H3,(H2,29,33)(H,30,31);6-7,10-11,19H,8-9H2,1-5H3;4,6,8H,1-2,5H2,(H2,12,14)(H2,13,16)/t17-,22?;;6-,8?/m1.1/s1. The summed E-state index contributed by atoms with van der Waals surface area (Å²) < 4.78 is 38.7. The smallest absolute Gasteiger partial charge is 0.532 e. The number of nitrogens with two attached hydrogens (primary N) is 3. The van der Waals surface area contributed by atoms with Crippen LogP contribution in [0.1, 0.15) is 111 Å². The van der Waals surface area contributed by atoms with Gasteiger partial charge in [0.25, 0.3) is 11.8 Å². The molecule has 2 aromatic carbocycles. The molecule has 0 aliphatic carbocycles. The number of primary amides is 2. The van der Waals surface area contributed by atoms with Crippen LogP contribution in [0.25, 0.3) is 12.2 Å². The van der Waals surface area contributed by atoms with Crippen molar-refractivity contribution in [3.05, 3.63) is 86.5 Å². The number of halogens is 1. The highest BCUT2D eigenvalue weighted by molar-refractivity contribution is 9.10. The van der Waals surface area contributed by atoms with Crippen molar-refractivity contribution in [1.29, 1.82) is 10.5 Å². The highest BCUT2D eigenvalue weighted by Gasteiger charge is 2.39. The van der Waals surface area contributed by atoms with Gasteiger partial charge in [0.1, 0.15) is 22.6 Å². The van der Waals surface area contributed by atoms with Crippen molar-refractivity contribution < 1.29 is 47.3 Å². The van der Waals surface area contributed by atoms with E-state index < -0.39 is 42.7 Å². The first-order chi connectivity index (χ1) is 36.1. The molecule has 4 atom stereocenters. The Labute approximate surface area is 462 Å². The molecule has 6 heterocycles. The number of ether oxygens (including phenoxy) is 2. The fourth-order valence-electron chi connectivity index (χ4n) is 8.20. The van der Waals surface area contributed by atoms with Crippen LogP contribution in [0.3, 0.4) is 0 Å². The van der Waals surface area contributed by atoms with Gasteiger partial charge in [-0.2, -0.15) is 20.7 Å². The number of carbonyl (C=O) groups is 2. The second-order valence-electron chi connectivity index (χ2n) is 22.5. The minimum Gasteiger partial charge on any atom is -0.532 e. The lowest BCUT2D eigenvalue weighted by molar-refractivity contribution is 0.0341. The molecule has 4 aliphatic heterocycles. The monoisotopic (exact) mass is 1150 g/mol. The van der Waals surface area contributed by atoms with Crippen LogP contribution in [0, 0.1) is 34.5 Å². The number of aromatic nitrogens is 4. The predicted octanol–water partition coefficient (Wildman–Crippen LogP) is 8.36. The zero-order chi connectivity index (χ0) is 56.6. The van der Waals surface area contributed by atoms with Gasteiger partial charge in [-0.1, -0.05) is 69.6 Å². The van der Waals surface area contributed by atoms with Crippen molar-refractivity contribution in [1.82, 2.24) is 19.6 Å². The lowest BCUT2D eigenvalue weighted by Crippen LogP contribution is -2.41. The van der Waals surface area contributed by atoms with Crippen molar-refractivity contribution in [2.75, 3.05) is 50.7 Å². The normalized spacial score (nSPS) is 19.4. The number of hydrogen-bond acceptors (Lipinski definition) is 16. The van der Waals surface area contributed by atoms with Crippen molar-refractivity contribution in [3.63, 3.8) is 0 Å². The highest BCUT2D eigenvalue weighted by atomic mass is 79.9. The van der Waals surface area contributed by atoms with E-state index in [0.717, 1.165) is 26.5 Å². The SMILES string of the molecule is CC(C)(C)[Si](C)(C)OCCC1=Cc2cc(Br)ccc2OB1O.CC(C)(C)[Si](C)(C)OCCC1=Cc2cc(Nc3nn(C4COCC[C@@H]4C#N)cc3C(N)=O)ccc2OB1O.N#C[C@H]1CCOCC1n1cc(C(N)=O)c(N)n1. The molecule has 0 bridgehead atoms. The number of hydrogen-bond donors (Lipinski definition) is 6.